The molecular formula is C12H22N6O. The second kappa shape index (κ2) is 5.83. The van der Waals surface area contributed by atoms with Crippen LogP contribution in [0.4, 0.5) is 11.6 Å². The third-order valence-electron chi connectivity index (χ3n) is 2.45. The minimum Gasteiger partial charge on any atom is -0.370 e. The molecule has 0 aliphatic rings. The van der Waals surface area contributed by atoms with Gasteiger partial charge in [0.15, 0.2) is 0 Å². The summed E-state index contributed by atoms with van der Waals surface area (Å²) < 4.78 is 0. The summed E-state index contributed by atoms with van der Waals surface area (Å²) >= 11 is 0. The fraction of sp³-hybridized carbons (Fsp3) is 0.583. The number of anilines is 2. The molecule has 1 heterocycles. The van der Waals surface area contributed by atoms with E-state index in [-0.39, 0.29) is 23.8 Å². The topological polar surface area (TPSA) is 119 Å². The number of hydrogen-bond donors (Lipinski definition) is 4. The molecular weight excluding hydrogens is 244 g/mol. The Kier molecular flexibility index (Phi) is 4.66. The van der Waals surface area contributed by atoms with E-state index in [1.807, 2.05) is 27.7 Å². The molecule has 1 rings (SSSR count). The van der Waals surface area contributed by atoms with Crippen molar-refractivity contribution in [2.45, 2.75) is 45.6 Å². The highest BCUT2D eigenvalue weighted by molar-refractivity contribution is 5.74. The molecule has 7 heteroatoms. The minimum absolute atomic E-state index is 0.106. The van der Waals surface area contributed by atoms with Crippen LogP contribution in [0.1, 0.15) is 39.9 Å². The Balaban J connectivity index is 2.97. The highest BCUT2D eigenvalue weighted by Gasteiger charge is 2.19. The van der Waals surface area contributed by atoms with Crippen molar-refractivity contribution in [1.82, 2.24) is 9.97 Å². The Morgan fingerprint density at radius 3 is 2.42 bits per heavy atom. The van der Waals surface area contributed by atoms with Crippen LogP contribution in [0.3, 0.4) is 0 Å². The largest absolute Gasteiger partial charge is 0.370 e. The van der Waals surface area contributed by atoms with E-state index in [4.69, 9.17) is 11.6 Å². The molecule has 19 heavy (non-hydrogen) atoms. The van der Waals surface area contributed by atoms with Crippen LogP contribution >= 0.6 is 0 Å². The van der Waals surface area contributed by atoms with Crippen molar-refractivity contribution in [2.24, 2.45) is 11.6 Å². The lowest BCUT2D eigenvalue weighted by atomic mass is 9.96. The van der Waals surface area contributed by atoms with Crippen LogP contribution in [0, 0.1) is 0 Å². The van der Waals surface area contributed by atoms with Gasteiger partial charge in [0, 0.05) is 23.9 Å². The van der Waals surface area contributed by atoms with Crippen LogP contribution in [0.2, 0.25) is 0 Å². The summed E-state index contributed by atoms with van der Waals surface area (Å²) in [5.74, 6) is 6.84. The standard InChI is InChI=1S/C12H22N6O/c1-7(5-8(13)19)15-9-6-10(18-14)17-11(16-9)12(2,3)4/h6-7H,5,14H2,1-4H3,(H2,13,19)(H2,15,16,17,18). The second-order valence-corrected chi connectivity index (χ2v) is 5.57. The number of amides is 1. The molecule has 0 saturated heterocycles. The van der Waals surface area contributed by atoms with Gasteiger partial charge in [-0.15, -0.1) is 0 Å². The molecule has 1 unspecified atom stereocenters. The molecule has 0 aliphatic heterocycles. The fourth-order valence-electron chi connectivity index (χ4n) is 1.54. The first-order valence-electron chi connectivity index (χ1n) is 6.13. The van der Waals surface area contributed by atoms with Gasteiger partial charge < -0.3 is 16.5 Å². The molecule has 6 N–H and O–H groups in total. The predicted molar refractivity (Wildman–Crippen MR) is 75.4 cm³/mol. The van der Waals surface area contributed by atoms with Crippen molar-refractivity contribution in [3.05, 3.63) is 11.9 Å². The first-order valence-corrected chi connectivity index (χ1v) is 6.13. The Bertz CT molecular complexity index is 454. The Labute approximate surface area is 113 Å². The molecule has 1 aromatic heterocycles. The smallest absolute Gasteiger partial charge is 0.219 e. The van der Waals surface area contributed by atoms with Crippen molar-refractivity contribution in [3.63, 3.8) is 0 Å². The lowest BCUT2D eigenvalue weighted by Crippen LogP contribution is -2.26. The number of rotatable bonds is 5. The lowest BCUT2D eigenvalue weighted by Gasteiger charge is -2.20. The number of carbonyl (C=O) groups excluding carboxylic acids is 1. The summed E-state index contributed by atoms with van der Waals surface area (Å²) in [5.41, 5.74) is 7.47. The van der Waals surface area contributed by atoms with Gasteiger partial charge in [-0.3, -0.25) is 4.79 Å². The van der Waals surface area contributed by atoms with Crippen LogP contribution in [-0.4, -0.2) is 21.9 Å². The average Bonchev–Trinajstić information content (AvgIpc) is 2.25. The summed E-state index contributed by atoms with van der Waals surface area (Å²) in [4.78, 5) is 19.6. The summed E-state index contributed by atoms with van der Waals surface area (Å²) in [7, 11) is 0. The first-order chi connectivity index (χ1) is 8.72. The highest BCUT2D eigenvalue weighted by atomic mass is 16.1. The van der Waals surface area contributed by atoms with Gasteiger partial charge in [-0.25, -0.2) is 15.8 Å². The maximum atomic E-state index is 10.9. The number of nitrogens with zero attached hydrogens (tertiary/aromatic N) is 2. The van der Waals surface area contributed by atoms with E-state index in [1.165, 1.54) is 0 Å². The quantitative estimate of drug-likeness (QED) is 0.461. The van der Waals surface area contributed by atoms with Crippen molar-refractivity contribution < 1.29 is 4.79 Å². The van der Waals surface area contributed by atoms with Gasteiger partial charge in [0.1, 0.15) is 17.5 Å². The molecule has 7 nitrogen and oxygen atoms in total. The van der Waals surface area contributed by atoms with Gasteiger partial charge in [-0.1, -0.05) is 20.8 Å². The molecule has 0 radical (unpaired) electrons. The fourth-order valence-corrected chi connectivity index (χ4v) is 1.54. The van der Waals surface area contributed by atoms with Crippen LogP contribution < -0.4 is 22.3 Å². The number of aromatic nitrogens is 2. The van der Waals surface area contributed by atoms with E-state index in [9.17, 15) is 4.79 Å². The van der Waals surface area contributed by atoms with E-state index >= 15 is 0 Å². The van der Waals surface area contributed by atoms with Gasteiger partial charge >= 0.3 is 0 Å². The second-order valence-electron chi connectivity index (χ2n) is 5.57. The maximum absolute atomic E-state index is 10.9. The van der Waals surface area contributed by atoms with Crippen molar-refractivity contribution in [1.29, 1.82) is 0 Å². The normalized spacial score (nSPS) is 12.9. The Hall–Kier alpha value is -1.89. The van der Waals surface area contributed by atoms with Crippen LogP contribution in [0.15, 0.2) is 6.07 Å². The van der Waals surface area contributed by atoms with Crippen LogP contribution in [0.25, 0.3) is 0 Å². The number of hydrogen-bond acceptors (Lipinski definition) is 6. The number of nitrogens with one attached hydrogen (secondary N) is 2. The average molecular weight is 266 g/mol. The monoisotopic (exact) mass is 266 g/mol. The number of nitrogen functional groups attached to an aromatic ring is 1. The predicted octanol–water partition coefficient (Wildman–Crippen LogP) is 0.736. The molecule has 0 bridgehead atoms. The summed E-state index contributed by atoms with van der Waals surface area (Å²) in [6.45, 7) is 7.90. The number of hydrazine groups is 1. The Morgan fingerprint density at radius 2 is 1.95 bits per heavy atom. The third-order valence-corrected chi connectivity index (χ3v) is 2.45. The lowest BCUT2D eigenvalue weighted by molar-refractivity contribution is -0.118. The molecule has 106 valence electrons. The minimum atomic E-state index is -0.359. The van der Waals surface area contributed by atoms with Crippen LogP contribution in [-0.2, 0) is 10.2 Å². The summed E-state index contributed by atoms with van der Waals surface area (Å²) in [5, 5.41) is 3.11. The summed E-state index contributed by atoms with van der Waals surface area (Å²) in [6, 6.07) is 1.58. The molecule has 1 aromatic rings. The number of carbonyl (C=O) groups is 1. The molecule has 0 aliphatic carbocycles. The Morgan fingerprint density at radius 1 is 1.37 bits per heavy atom. The number of nitrogens with two attached hydrogens (primary N) is 2. The van der Waals surface area contributed by atoms with Gasteiger partial charge in [0.25, 0.3) is 0 Å². The van der Waals surface area contributed by atoms with Gasteiger partial charge in [-0.05, 0) is 6.92 Å². The zero-order valence-corrected chi connectivity index (χ0v) is 11.8. The SMILES string of the molecule is CC(CC(N)=O)Nc1cc(NN)nc(C(C)(C)C)n1. The van der Waals surface area contributed by atoms with E-state index in [1.54, 1.807) is 6.07 Å². The van der Waals surface area contributed by atoms with Crippen LogP contribution in [0.5, 0.6) is 0 Å². The maximum Gasteiger partial charge on any atom is 0.219 e. The number of primary amides is 1. The molecule has 1 amide bonds. The van der Waals surface area contributed by atoms with E-state index in [0.717, 1.165) is 0 Å². The first kappa shape index (κ1) is 15.2. The molecule has 1 atom stereocenters. The van der Waals surface area contributed by atoms with E-state index < -0.39 is 0 Å². The van der Waals surface area contributed by atoms with Crippen molar-refractivity contribution in [3.8, 4) is 0 Å². The highest BCUT2D eigenvalue weighted by Crippen LogP contribution is 2.22. The summed E-state index contributed by atoms with van der Waals surface area (Å²) in [6.07, 6.45) is 0.236. The molecule has 0 spiro atoms. The van der Waals surface area contributed by atoms with Crippen molar-refractivity contribution >= 4 is 17.5 Å². The van der Waals surface area contributed by atoms with E-state index in [0.29, 0.717) is 17.5 Å². The van der Waals surface area contributed by atoms with Gasteiger partial charge in [-0.2, -0.15) is 0 Å². The van der Waals surface area contributed by atoms with E-state index in [2.05, 4.69) is 20.7 Å². The zero-order valence-electron chi connectivity index (χ0n) is 11.8. The van der Waals surface area contributed by atoms with Gasteiger partial charge in [0.05, 0.1) is 0 Å². The molecule has 0 saturated carbocycles. The zero-order chi connectivity index (χ0) is 14.6. The molecule has 0 fully saturated rings. The van der Waals surface area contributed by atoms with Gasteiger partial charge in [0.2, 0.25) is 5.91 Å². The molecule has 0 aromatic carbocycles. The van der Waals surface area contributed by atoms with Crippen molar-refractivity contribution in [2.75, 3.05) is 10.7 Å². The third kappa shape index (κ3) is 4.70.